The minimum Gasteiger partial charge on any atom is -0.488 e. The van der Waals surface area contributed by atoms with Gasteiger partial charge in [-0.15, -0.1) is 0 Å². The monoisotopic (exact) mass is 446 g/mol. The van der Waals surface area contributed by atoms with Crippen molar-refractivity contribution >= 4 is 17.2 Å². The van der Waals surface area contributed by atoms with E-state index in [4.69, 9.17) is 4.74 Å². The van der Waals surface area contributed by atoms with Gasteiger partial charge in [0.1, 0.15) is 23.9 Å². The van der Waals surface area contributed by atoms with Gasteiger partial charge < -0.3 is 10.1 Å². The number of rotatable bonds is 8. The summed E-state index contributed by atoms with van der Waals surface area (Å²) in [6.45, 7) is 9.09. The molecule has 0 spiro atoms. The van der Waals surface area contributed by atoms with Crippen LogP contribution < -0.4 is 10.1 Å². The van der Waals surface area contributed by atoms with Crippen LogP contribution in [0.3, 0.4) is 0 Å². The molecule has 1 fully saturated rings. The number of likely N-dealkylation sites (tertiary alicyclic amines) is 1. The van der Waals surface area contributed by atoms with E-state index in [9.17, 15) is 0 Å². The standard InChI is InChI=1S/C24H30N8O/c1-5-18-12-22(27-16(3)26-18)28-23-13-20-11-17(7-10-32(20)29-23)24-21(14-25-30(24)4)33-15-19-8-9-31(19)6-2/h7,10-14,19H,5-6,8-9,15H2,1-4H3,(H,26,27,28,29)/t19-/m0/s1. The largest absolute Gasteiger partial charge is 0.488 e. The fourth-order valence-electron chi connectivity index (χ4n) is 4.35. The number of nitrogens with zero attached hydrogens (tertiary/aromatic N) is 7. The summed E-state index contributed by atoms with van der Waals surface area (Å²) in [6.07, 6.45) is 5.81. The number of aromatic nitrogens is 6. The van der Waals surface area contributed by atoms with Crippen LogP contribution in [-0.2, 0) is 13.5 Å². The molecule has 1 atom stereocenters. The highest BCUT2D eigenvalue weighted by Gasteiger charge is 2.27. The number of aryl methyl sites for hydroxylation is 3. The van der Waals surface area contributed by atoms with Crippen molar-refractivity contribution in [3.63, 3.8) is 0 Å². The van der Waals surface area contributed by atoms with Gasteiger partial charge in [0.05, 0.1) is 11.7 Å². The van der Waals surface area contributed by atoms with Gasteiger partial charge in [0.15, 0.2) is 11.6 Å². The van der Waals surface area contributed by atoms with Crippen LogP contribution >= 0.6 is 0 Å². The first kappa shape index (κ1) is 21.4. The molecule has 0 bridgehead atoms. The summed E-state index contributed by atoms with van der Waals surface area (Å²) in [5.41, 5.74) is 3.98. The first-order valence-electron chi connectivity index (χ1n) is 11.5. The second-order valence-corrected chi connectivity index (χ2v) is 8.45. The average molecular weight is 447 g/mol. The zero-order valence-electron chi connectivity index (χ0n) is 19.6. The second-order valence-electron chi connectivity index (χ2n) is 8.45. The third kappa shape index (κ3) is 4.28. The first-order valence-corrected chi connectivity index (χ1v) is 11.5. The van der Waals surface area contributed by atoms with E-state index in [1.165, 1.54) is 6.42 Å². The van der Waals surface area contributed by atoms with Gasteiger partial charge in [0.2, 0.25) is 0 Å². The van der Waals surface area contributed by atoms with Crippen LogP contribution in [0.2, 0.25) is 0 Å². The third-order valence-corrected chi connectivity index (χ3v) is 6.25. The van der Waals surface area contributed by atoms with Crippen LogP contribution in [0.25, 0.3) is 16.8 Å². The maximum Gasteiger partial charge on any atom is 0.165 e. The molecular formula is C24H30N8O. The predicted molar refractivity (Wildman–Crippen MR) is 128 cm³/mol. The quantitative estimate of drug-likeness (QED) is 0.442. The van der Waals surface area contributed by atoms with Crippen molar-refractivity contribution in [2.24, 2.45) is 7.05 Å². The van der Waals surface area contributed by atoms with Crippen LogP contribution in [0.4, 0.5) is 11.6 Å². The summed E-state index contributed by atoms with van der Waals surface area (Å²) in [5, 5.41) is 12.4. The van der Waals surface area contributed by atoms with Gasteiger partial charge >= 0.3 is 0 Å². The molecule has 5 heterocycles. The number of nitrogens with one attached hydrogen (secondary N) is 1. The van der Waals surface area contributed by atoms with E-state index >= 15 is 0 Å². The molecule has 4 aromatic heterocycles. The van der Waals surface area contributed by atoms with Gasteiger partial charge in [-0.2, -0.15) is 10.2 Å². The van der Waals surface area contributed by atoms with Crippen molar-refractivity contribution in [3.05, 3.63) is 48.2 Å². The Labute approximate surface area is 193 Å². The Hall–Kier alpha value is -3.46. The maximum atomic E-state index is 6.20. The van der Waals surface area contributed by atoms with Gasteiger partial charge in [-0.1, -0.05) is 13.8 Å². The lowest BCUT2D eigenvalue weighted by Crippen LogP contribution is -2.50. The average Bonchev–Trinajstić information content (AvgIpc) is 3.34. The molecule has 33 heavy (non-hydrogen) atoms. The SMILES string of the molecule is CCc1cc(Nc2cc3cc(-c4c(OC[C@@H]5CCN5CC)cnn4C)ccn3n2)nc(C)n1. The Morgan fingerprint density at radius 2 is 2.03 bits per heavy atom. The molecule has 0 saturated carbocycles. The Morgan fingerprint density at radius 3 is 2.79 bits per heavy atom. The summed E-state index contributed by atoms with van der Waals surface area (Å²) in [7, 11) is 1.94. The van der Waals surface area contributed by atoms with Crippen LogP contribution in [0, 0.1) is 6.92 Å². The van der Waals surface area contributed by atoms with E-state index < -0.39 is 0 Å². The van der Waals surface area contributed by atoms with Crippen molar-refractivity contribution in [3.8, 4) is 17.0 Å². The molecule has 172 valence electrons. The number of anilines is 2. The van der Waals surface area contributed by atoms with Crippen LogP contribution in [0.1, 0.15) is 31.8 Å². The molecule has 1 aliphatic rings. The number of hydrogen-bond donors (Lipinski definition) is 1. The molecule has 0 aromatic carbocycles. The minimum atomic E-state index is 0.493. The molecule has 0 amide bonds. The molecule has 0 radical (unpaired) electrons. The van der Waals surface area contributed by atoms with Crippen molar-refractivity contribution in [2.45, 2.75) is 39.7 Å². The molecule has 1 N–H and O–H groups in total. The fraction of sp³-hybridized carbons (Fsp3) is 0.417. The van der Waals surface area contributed by atoms with E-state index in [0.29, 0.717) is 12.6 Å². The van der Waals surface area contributed by atoms with Gasteiger partial charge in [-0.05, 0) is 38.4 Å². The van der Waals surface area contributed by atoms with E-state index in [1.54, 1.807) is 6.20 Å². The lowest BCUT2D eigenvalue weighted by atomic mass is 10.0. The minimum absolute atomic E-state index is 0.493. The lowest BCUT2D eigenvalue weighted by molar-refractivity contribution is 0.0563. The summed E-state index contributed by atoms with van der Waals surface area (Å²) in [5.74, 6) is 3.04. The normalized spacial score (nSPS) is 16.2. The fourth-order valence-corrected chi connectivity index (χ4v) is 4.35. The Morgan fingerprint density at radius 1 is 1.15 bits per heavy atom. The summed E-state index contributed by atoms with van der Waals surface area (Å²) in [4.78, 5) is 11.4. The topological polar surface area (TPSA) is 85.4 Å². The Bertz CT molecular complexity index is 1270. The van der Waals surface area contributed by atoms with E-state index in [0.717, 1.165) is 65.2 Å². The number of fused-ring (bicyclic) bond motifs is 1. The first-order chi connectivity index (χ1) is 16.0. The van der Waals surface area contributed by atoms with E-state index in [1.807, 2.05) is 47.6 Å². The third-order valence-electron chi connectivity index (χ3n) is 6.25. The lowest BCUT2D eigenvalue weighted by Gasteiger charge is -2.39. The van der Waals surface area contributed by atoms with Gasteiger partial charge in [0, 0.05) is 49.2 Å². The molecule has 4 aromatic rings. The van der Waals surface area contributed by atoms with Crippen LogP contribution in [0.15, 0.2) is 36.7 Å². The Kier molecular flexibility index (Phi) is 5.72. The molecular weight excluding hydrogens is 416 g/mol. The number of likely N-dealkylation sites (N-methyl/N-ethyl adjacent to an activating group) is 1. The summed E-state index contributed by atoms with van der Waals surface area (Å²) in [6, 6.07) is 8.61. The zero-order valence-corrected chi connectivity index (χ0v) is 19.6. The second kappa shape index (κ2) is 8.82. The molecule has 5 rings (SSSR count). The predicted octanol–water partition coefficient (Wildman–Crippen LogP) is 3.61. The number of pyridine rings is 1. The zero-order chi connectivity index (χ0) is 22.9. The van der Waals surface area contributed by atoms with Crippen LogP contribution in [0.5, 0.6) is 5.75 Å². The smallest absolute Gasteiger partial charge is 0.165 e. The highest BCUT2D eigenvalue weighted by Crippen LogP contribution is 2.31. The molecule has 1 saturated heterocycles. The number of hydrogen-bond acceptors (Lipinski definition) is 7. The highest BCUT2D eigenvalue weighted by atomic mass is 16.5. The van der Waals surface area contributed by atoms with Crippen LogP contribution in [-0.4, -0.2) is 60.0 Å². The van der Waals surface area contributed by atoms with Crippen molar-refractivity contribution in [1.29, 1.82) is 0 Å². The molecule has 0 unspecified atom stereocenters. The van der Waals surface area contributed by atoms with Gasteiger partial charge in [0.25, 0.3) is 0 Å². The molecule has 9 nitrogen and oxygen atoms in total. The van der Waals surface area contributed by atoms with Crippen molar-refractivity contribution < 1.29 is 4.74 Å². The molecule has 9 heteroatoms. The maximum absolute atomic E-state index is 6.20. The van der Waals surface area contributed by atoms with E-state index in [-0.39, 0.29) is 0 Å². The van der Waals surface area contributed by atoms with E-state index in [2.05, 4.69) is 50.3 Å². The summed E-state index contributed by atoms with van der Waals surface area (Å²) < 4.78 is 9.92. The Balaban J connectivity index is 1.38. The molecule has 0 aliphatic carbocycles. The van der Waals surface area contributed by atoms with Gasteiger partial charge in [-0.3, -0.25) is 9.58 Å². The summed E-state index contributed by atoms with van der Waals surface area (Å²) >= 11 is 0. The molecule has 1 aliphatic heterocycles. The van der Waals surface area contributed by atoms with Crippen molar-refractivity contribution in [2.75, 3.05) is 25.0 Å². The van der Waals surface area contributed by atoms with Gasteiger partial charge in [-0.25, -0.2) is 14.5 Å². The van der Waals surface area contributed by atoms with Crippen molar-refractivity contribution in [1.82, 2.24) is 34.3 Å². The number of ether oxygens (including phenoxy) is 1. The highest BCUT2D eigenvalue weighted by molar-refractivity contribution is 5.72.